The smallest absolute Gasteiger partial charge is 0.252 e. The largest absolute Gasteiger partial charge is 0.345 e. The molecule has 0 spiro atoms. The van der Waals surface area contributed by atoms with Crippen LogP contribution in [0.25, 0.3) is 0 Å². The molecule has 1 aliphatic heterocycles. The summed E-state index contributed by atoms with van der Waals surface area (Å²) in [5, 5.41) is 11.3. The number of halogens is 1. The quantitative estimate of drug-likeness (QED) is 0.652. The molecular formula is C19H26BrN5O3S. The molecule has 0 saturated heterocycles. The summed E-state index contributed by atoms with van der Waals surface area (Å²) >= 11 is 3.36. The Labute approximate surface area is 179 Å². The summed E-state index contributed by atoms with van der Waals surface area (Å²) in [6.45, 7) is 5.41. The average molecular weight is 484 g/mol. The SMILES string of the molecule is CCN(CC)S(=O)(=O)c1ccc(Br)c(C(=O)NCc2nnc3n2CCCCC3)c1. The lowest BCUT2D eigenvalue weighted by Crippen LogP contribution is -2.31. The third-order valence-electron chi connectivity index (χ3n) is 5.12. The number of hydrogen-bond acceptors (Lipinski definition) is 5. The van der Waals surface area contributed by atoms with Crippen LogP contribution in [0.4, 0.5) is 0 Å². The van der Waals surface area contributed by atoms with Gasteiger partial charge in [-0.25, -0.2) is 8.42 Å². The van der Waals surface area contributed by atoms with Crippen LogP contribution >= 0.6 is 15.9 Å². The maximum absolute atomic E-state index is 12.8. The zero-order chi connectivity index (χ0) is 21.0. The summed E-state index contributed by atoms with van der Waals surface area (Å²) in [5.41, 5.74) is 0.272. The molecule has 0 saturated carbocycles. The van der Waals surface area contributed by atoms with Crippen molar-refractivity contribution in [2.45, 2.75) is 57.5 Å². The number of benzene rings is 1. The first-order chi connectivity index (χ1) is 13.9. The van der Waals surface area contributed by atoms with E-state index in [2.05, 4.69) is 36.0 Å². The maximum Gasteiger partial charge on any atom is 0.252 e. The van der Waals surface area contributed by atoms with E-state index < -0.39 is 10.0 Å². The molecule has 158 valence electrons. The van der Waals surface area contributed by atoms with Crippen molar-refractivity contribution in [2.24, 2.45) is 0 Å². The van der Waals surface area contributed by atoms with Crippen LogP contribution in [0.5, 0.6) is 0 Å². The van der Waals surface area contributed by atoms with Gasteiger partial charge >= 0.3 is 0 Å². The van der Waals surface area contributed by atoms with Crippen LogP contribution in [0.2, 0.25) is 0 Å². The normalized spacial score (nSPS) is 14.5. The van der Waals surface area contributed by atoms with Gasteiger partial charge in [-0.05, 0) is 47.0 Å². The Kier molecular flexibility index (Phi) is 7.07. The minimum Gasteiger partial charge on any atom is -0.345 e. The van der Waals surface area contributed by atoms with Crippen molar-refractivity contribution in [1.82, 2.24) is 24.4 Å². The highest BCUT2D eigenvalue weighted by Crippen LogP contribution is 2.23. The second kappa shape index (κ2) is 9.36. The Morgan fingerprint density at radius 3 is 2.69 bits per heavy atom. The standard InChI is InChI=1S/C19H26BrN5O3S/c1-3-24(4-2)29(27,28)14-9-10-16(20)15(12-14)19(26)21-13-18-23-22-17-8-6-5-7-11-25(17)18/h9-10,12H,3-8,11,13H2,1-2H3,(H,21,26). The van der Waals surface area contributed by atoms with E-state index in [4.69, 9.17) is 0 Å². The molecule has 2 heterocycles. The minimum absolute atomic E-state index is 0.103. The van der Waals surface area contributed by atoms with Crippen LogP contribution in [0.3, 0.4) is 0 Å². The summed E-state index contributed by atoms with van der Waals surface area (Å²) in [5.74, 6) is 1.32. The van der Waals surface area contributed by atoms with Crippen molar-refractivity contribution in [1.29, 1.82) is 0 Å². The van der Waals surface area contributed by atoms with Gasteiger partial charge in [0.15, 0.2) is 5.82 Å². The number of nitrogens with one attached hydrogen (secondary N) is 1. The molecule has 10 heteroatoms. The highest BCUT2D eigenvalue weighted by molar-refractivity contribution is 9.10. The van der Waals surface area contributed by atoms with Crippen molar-refractivity contribution in [3.05, 3.63) is 39.9 Å². The summed E-state index contributed by atoms with van der Waals surface area (Å²) in [7, 11) is -3.64. The van der Waals surface area contributed by atoms with Crippen molar-refractivity contribution in [2.75, 3.05) is 13.1 Å². The number of aryl methyl sites for hydroxylation is 1. The van der Waals surface area contributed by atoms with Crippen molar-refractivity contribution in [3.63, 3.8) is 0 Å². The number of fused-ring (bicyclic) bond motifs is 1. The van der Waals surface area contributed by atoms with Crippen LogP contribution in [-0.2, 0) is 29.5 Å². The van der Waals surface area contributed by atoms with E-state index in [0.29, 0.717) is 17.6 Å². The average Bonchev–Trinajstić information content (AvgIpc) is 2.93. The molecule has 0 aliphatic carbocycles. The van der Waals surface area contributed by atoms with Crippen molar-refractivity contribution in [3.8, 4) is 0 Å². The second-order valence-corrected chi connectivity index (χ2v) is 9.70. The molecule has 1 N–H and O–H groups in total. The molecule has 1 amide bonds. The molecule has 1 aromatic carbocycles. The predicted octanol–water partition coefficient (Wildman–Crippen LogP) is 2.73. The van der Waals surface area contributed by atoms with Gasteiger partial charge in [0, 0.05) is 30.5 Å². The van der Waals surface area contributed by atoms with E-state index in [1.165, 1.54) is 16.4 Å². The number of carbonyl (C=O) groups excluding carboxylic acids is 1. The van der Waals surface area contributed by atoms with Gasteiger partial charge in [-0.2, -0.15) is 4.31 Å². The maximum atomic E-state index is 12.8. The van der Waals surface area contributed by atoms with Gasteiger partial charge in [-0.1, -0.05) is 20.3 Å². The zero-order valence-corrected chi connectivity index (χ0v) is 19.1. The number of sulfonamides is 1. The molecule has 0 bridgehead atoms. The van der Waals surface area contributed by atoms with Gasteiger partial charge in [-0.15, -0.1) is 10.2 Å². The third-order valence-corrected chi connectivity index (χ3v) is 7.86. The summed E-state index contributed by atoms with van der Waals surface area (Å²) < 4.78 is 29.5. The van der Waals surface area contributed by atoms with Crippen LogP contribution in [0.1, 0.15) is 55.1 Å². The molecule has 0 fully saturated rings. The fraction of sp³-hybridized carbons (Fsp3) is 0.526. The monoisotopic (exact) mass is 483 g/mol. The molecule has 0 radical (unpaired) electrons. The van der Waals surface area contributed by atoms with Gasteiger partial charge in [-0.3, -0.25) is 4.79 Å². The van der Waals surface area contributed by atoms with Gasteiger partial charge in [0.25, 0.3) is 5.91 Å². The van der Waals surface area contributed by atoms with E-state index in [1.54, 1.807) is 19.9 Å². The zero-order valence-electron chi connectivity index (χ0n) is 16.7. The van der Waals surface area contributed by atoms with Gasteiger partial charge < -0.3 is 9.88 Å². The Balaban J connectivity index is 1.79. The van der Waals surface area contributed by atoms with E-state index in [-0.39, 0.29) is 22.9 Å². The molecule has 3 rings (SSSR count). The summed E-state index contributed by atoms with van der Waals surface area (Å²) in [4.78, 5) is 12.9. The molecule has 8 nitrogen and oxygen atoms in total. The number of amides is 1. The van der Waals surface area contributed by atoms with Crippen LogP contribution in [0, 0.1) is 0 Å². The van der Waals surface area contributed by atoms with Crippen molar-refractivity contribution < 1.29 is 13.2 Å². The fourth-order valence-corrected chi connectivity index (χ4v) is 5.39. The highest BCUT2D eigenvalue weighted by atomic mass is 79.9. The third kappa shape index (κ3) is 4.70. The van der Waals surface area contributed by atoms with Crippen molar-refractivity contribution >= 4 is 31.9 Å². The van der Waals surface area contributed by atoms with Crippen LogP contribution < -0.4 is 5.32 Å². The van der Waals surface area contributed by atoms with Gasteiger partial charge in [0.05, 0.1) is 17.0 Å². The van der Waals surface area contributed by atoms with Crippen LogP contribution in [0.15, 0.2) is 27.6 Å². The number of aromatic nitrogens is 3. The first kappa shape index (κ1) is 21.9. The Morgan fingerprint density at radius 1 is 1.21 bits per heavy atom. The molecule has 0 atom stereocenters. The lowest BCUT2D eigenvalue weighted by Gasteiger charge is -2.19. The fourth-order valence-electron chi connectivity index (χ4n) is 3.48. The predicted molar refractivity (Wildman–Crippen MR) is 113 cm³/mol. The molecule has 2 aromatic rings. The summed E-state index contributed by atoms with van der Waals surface area (Å²) in [6.07, 6.45) is 4.24. The number of carbonyl (C=O) groups is 1. The topological polar surface area (TPSA) is 97.2 Å². The lowest BCUT2D eigenvalue weighted by molar-refractivity contribution is 0.0948. The van der Waals surface area contributed by atoms with E-state index in [1.807, 2.05) is 0 Å². The number of nitrogens with zero attached hydrogens (tertiary/aromatic N) is 4. The van der Waals surface area contributed by atoms with Gasteiger partial charge in [0.2, 0.25) is 10.0 Å². The first-order valence-corrected chi connectivity index (χ1v) is 12.1. The summed E-state index contributed by atoms with van der Waals surface area (Å²) in [6, 6.07) is 4.51. The Bertz CT molecular complexity index is 986. The molecule has 0 unspecified atom stereocenters. The Morgan fingerprint density at radius 2 is 1.97 bits per heavy atom. The van der Waals surface area contributed by atoms with E-state index in [9.17, 15) is 13.2 Å². The second-order valence-electron chi connectivity index (χ2n) is 6.91. The lowest BCUT2D eigenvalue weighted by atomic mass is 10.2. The highest BCUT2D eigenvalue weighted by Gasteiger charge is 2.24. The minimum atomic E-state index is -3.64. The Hall–Kier alpha value is -1.78. The first-order valence-electron chi connectivity index (χ1n) is 9.87. The molecular weight excluding hydrogens is 458 g/mol. The number of rotatable bonds is 7. The molecule has 1 aliphatic rings. The van der Waals surface area contributed by atoms with Gasteiger partial charge in [0.1, 0.15) is 5.82 Å². The molecule has 29 heavy (non-hydrogen) atoms. The number of hydrogen-bond donors (Lipinski definition) is 1. The molecule has 1 aromatic heterocycles. The van der Waals surface area contributed by atoms with Crippen LogP contribution in [-0.4, -0.2) is 46.5 Å². The van der Waals surface area contributed by atoms with E-state index in [0.717, 1.165) is 43.9 Å². The van der Waals surface area contributed by atoms with E-state index >= 15 is 0 Å².